The Morgan fingerprint density at radius 2 is 1.94 bits per heavy atom. The smallest absolute Gasteiger partial charge is 0.339 e. The molecule has 4 aliphatic carbocycles. The Bertz CT molecular complexity index is 1140. The Morgan fingerprint density at radius 3 is 2.59 bits per heavy atom. The second-order valence-corrected chi connectivity index (χ2v) is 12.0. The number of fused-ring (bicyclic) bond motifs is 3. The second-order valence-electron chi connectivity index (χ2n) is 11.1. The first-order chi connectivity index (χ1) is 15.9. The van der Waals surface area contributed by atoms with Crippen LogP contribution in [0.3, 0.4) is 0 Å². The van der Waals surface area contributed by atoms with Crippen LogP contribution in [0.25, 0.3) is 0 Å². The third-order valence-corrected chi connectivity index (χ3v) is 9.91. The van der Waals surface area contributed by atoms with Crippen LogP contribution in [-0.2, 0) is 9.53 Å². The minimum absolute atomic E-state index is 0.0382. The number of Topliss-reactive ketones (excluding diaryl/α,β-unsaturated/α-hetero) is 1. The van der Waals surface area contributed by atoms with Gasteiger partial charge in [0.15, 0.2) is 17.5 Å². The largest absolute Gasteiger partial charge is 0.451 e. The predicted octanol–water partition coefficient (Wildman–Crippen LogP) is 3.44. The van der Waals surface area contributed by atoms with E-state index in [0.717, 1.165) is 0 Å². The van der Waals surface area contributed by atoms with Crippen molar-refractivity contribution in [2.75, 3.05) is 6.61 Å². The number of hydrogen-bond acceptors (Lipinski definition) is 6. The van der Waals surface area contributed by atoms with Crippen LogP contribution < -0.4 is 0 Å². The van der Waals surface area contributed by atoms with Crippen molar-refractivity contribution in [3.8, 4) is 0 Å². The van der Waals surface area contributed by atoms with Gasteiger partial charge in [0.1, 0.15) is 6.10 Å². The number of allylic oxidation sites excluding steroid dienone is 1. The number of carbonyl (C=O) groups excluding carboxylic acids is 2. The zero-order valence-corrected chi connectivity index (χ0v) is 21.4. The molecule has 0 aliphatic heterocycles. The number of aliphatic hydroxyl groups is 3. The van der Waals surface area contributed by atoms with Gasteiger partial charge in [-0.15, -0.1) is 0 Å². The average Bonchev–Trinajstić information content (AvgIpc) is 3.28. The zero-order valence-electron chi connectivity index (χ0n) is 19.8. The van der Waals surface area contributed by atoms with Crippen LogP contribution in [0.15, 0.2) is 52.0 Å². The molecule has 2 bridgehead atoms. The number of carbonyl (C=O) groups is 2. The molecule has 8 atom stereocenters. The van der Waals surface area contributed by atoms with E-state index < -0.39 is 41.7 Å². The van der Waals surface area contributed by atoms with E-state index in [1.165, 1.54) is 0 Å². The topological polar surface area (TPSA) is 104 Å². The first-order valence-electron chi connectivity index (χ1n) is 11.8. The Morgan fingerprint density at radius 1 is 1.26 bits per heavy atom. The van der Waals surface area contributed by atoms with E-state index in [9.17, 15) is 24.9 Å². The van der Waals surface area contributed by atoms with Crippen molar-refractivity contribution in [3.05, 3.63) is 57.6 Å². The molecule has 5 rings (SSSR count). The van der Waals surface area contributed by atoms with Gasteiger partial charge in [0.05, 0.1) is 17.6 Å². The number of aliphatic hydroxyl groups excluding tert-OH is 2. The molecule has 0 amide bonds. The molecule has 2 saturated carbocycles. The Kier molecular flexibility index (Phi) is 5.34. The number of ether oxygens (including phenoxy) is 1. The highest BCUT2D eigenvalue weighted by Crippen LogP contribution is 2.71. The molecule has 6 nitrogen and oxygen atoms in total. The fourth-order valence-corrected chi connectivity index (χ4v) is 7.84. The minimum Gasteiger partial charge on any atom is -0.451 e. The molecule has 182 valence electrons. The lowest BCUT2D eigenvalue weighted by Crippen LogP contribution is -2.65. The van der Waals surface area contributed by atoms with Crippen LogP contribution in [0.2, 0.25) is 0 Å². The lowest BCUT2D eigenvalue weighted by Gasteiger charge is -2.48. The molecule has 0 heterocycles. The normalized spacial score (nSPS) is 41.9. The Labute approximate surface area is 207 Å². The number of rotatable bonds is 3. The van der Waals surface area contributed by atoms with Gasteiger partial charge in [-0.3, -0.25) is 4.79 Å². The maximum atomic E-state index is 14.3. The molecular formula is C27H31BrO6. The maximum Gasteiger partial charge on any atom is 0.339 e. The number of hydrogen-bond donors (Lipinski definition) is 3. The number of esters is 1. The van der Waals surface area contributed by atoms with Crippen molar-refractivity contribution in [2.45, 2.75) is 51.9 Å². The summed E-state index contributed by atoms with van der Waals surface area (Å²) in [6.45, 7) is 7.46. The van der Waals surface area contributed by atoms with Gasteiger partial charge in [-0.2, -0.15) is 0 Å². The molecule has 7 heteroatoms. The fourth-order valence-electron chi connectivity index (χ4n) is 7.39. The van der Waals surface area contributed by atoms with E-state index >= 15 is 0 Å². The van der Waals surface area contributed by atoms with Crippen LogP contribution in [0.4, 0.5) is 0 Å². The van der Waals surface area contributed by atoms with Gasteiger partial charge in [-0.1, -0.05) is 45.1 Å². The van der Waals surface area contributed by atoms with Gasteiger partial charge in [-0.05, 0) is 75.7 Å². The molecule has 0 unspecified atom stereocenters. The van der Waals surface area contributed by atoms with Crippen molar-refractivity contribution in [1.82, 2.24) is 0 Å². The van der Waals surface area contributed by atoms with Crippen molar-refractivity contribution >= 4 is 27.7 Å². The molecule has 34 heavy (non-hydrogen) atoms. The third-order valence-electron chi connectivity index (χ3n) is 9.22. The summed E-state index contributed by atoms with van der Waals surface area (Å²) in [5.41, 5.74) is -2.60. The highest BCUT2D eigenvalue weighted by Gasteiger charge is 2.76. The third kappa shape index (κ3) is 2.84. The predicted molar refractivity (Wildman–Crippen MR) is 129 cm³/mol. The van der Waals surface area contributed by atoms with Gasteiger partial charge in [0.2, 0.25) is 0 Å². The van der Waals surface area contributed by atoms with Crippen molar-refractivity contribution in [3.63, 3.8) is 0 Å². The van der Waals surface area contributed by atoms with Gasteiger partial charge in [0, 0.05) is 10.4 Å². The molecule has 4 aliphatic rings. The monoisotopic (exact) mass is 530 g/mol. The highest BCUT2D eigenvalue weighted by atomic mass is 79.9. The first-order valence-corrected chi connectivity index (χ1v) is 12.6. The number of halogens is 1. The number of ketones is 1. The summed E-state index contributed by atoms with van der Waals surface area (Å²) in [4.78, 5) is 27.5. The maximum absolute atomic E-state index is 14.3. The Balaban J connectivity index is 1.65. The zero-order chi connectivity index (χ0) is 24.8. The molecular weight excluding hydrogens is 500 g/mol. The molecule has 1 aromatic carbocycles. The van der Waals surface area contributed by atoms with E-state index in [4.69, 9.17) is 4.74 Å². The molecule has 1 spiro atoms. The van der Waals surface area contributed by atoms with Crippen LogP contribution in [0, 0.1) is 34.5 Å². The second kappa shape index (κ2) is 7.60. The van der Waals surface area contributed by atoms with Gasteiger partial charge in [0.25, 0.3) is 0 Å². The van der Waals surface area contributed by atoms with Crippen LogP contribution >= 0.6 is 15.9 Å². The summed E-state index contributed by atoms with van der Waals surface area (Å²) in [6, 6.07) is 6.80. The van der Waals surface area contributed by atoms with Crippen LogP contribution in [-0.4, -0.2) is 51.5 Å². The van der Waals surface area contributed by atoms with E-state index in [1.807, 2.05) is 6.92 Å². The summed E-state index contributed by atoms with van der Waals surface area (Å²) < 4.78 is 6.42. The molecule has 1 aromatic rings. The first kappa shape index (κ1) is 23.9. The summed E-state index contributed by atoms with van der Waals surface area (Å²) in [7, 11) is 0. The molecule has 3 N–H and O–H groups in total. The summed E-state index contributed by atoms with van der Waals surface area (Å²) in [5, 5.41) is 34.1. The summed E-state index contributed by atoms with van der Waals surface area (Å²) in [6.07, 6.45) is 1.31. The van der Waals surface area contributed by atoms with Crippen molar-refractivity contribution in [1.29, 1.82) is 0 Å². The quantitative estimate of drug-likeness (QED) is 0.408. The molecule has 0 radical (unpaired) electrons. The van der Waals surface area contributed by atoms with E-state index in [1.54, 1.807) is 43.3 Å². The SMILES string of the molecule is CC1=C[C@@]23C(=O)[C@@H](C=C(CO)[C@@H](O)[C@]2(O)[C@H]1OC(=O)c1ccccc1Br)[C@H]1[C@@H](C[C@H]3C)C1(C)C. The van der Waals surface area contributed by atoms with Gasteiger partial charge < -0.3 is 20.1 Å². The Hall–Kier alpha value is -1.80. The minimum atomic E-state index is -2.13. The average molecular weight is 531 g/mol. The highest BCUT2D eigenvalue weighted by molar-refractivity contribution is 9.10. The van der Waals surface area contributed by atoms with Crippen molar-refractivity contribution in [2.24, 2.45) is 34.5 Å². The number of benzene rings is 1. The molecule has 0 aromatic heterocycles. The standard InChI is InChI=1S/C27H31BrO6/c1-13-11-26-14(2)9-18-20(25(18,3)4)17(22(26)31)10-15(12-29)21(30)27(26,33)23(13)34-24(32)16-7-5-6-8-19(16)28/h5-8,10-11,14,17-18,20-21,23,29-30,33H,9,12H2,1-4H3/t14-,17+,18-,20+,21-,23+,26-,27+/m1/s1. The van der Waals surface area contributed by atoms with Crippen molar-refractivity contribution < 1.29 is 29.6 Å². The van der Waals surface area contributed by atoms with Gasteiger partial charge >= 0.3 is 5.97 Å². The van der Waals surface area contributed by atoms with E-state index in [0.29, 0.717) is 22.4 Å². The van der Waals surface area contributed by atoms with E-state index in [-0.39, 0.29) is 34.2 Å². The van der Waals surface area contributed by atoms with Crippen LogP contribution in [0.1, 0.15) is 44.5 Å². The van der Waals surface area contributed by atoms with E-state index in [2.05, 4.69) is 29.8 Å². The fraction of sp³-hybridized carbons (Fsp3) is 0.556. The van der Waals surface area contributed by atoms with Gasteiger partial charge in [-0.25, -0.2) is 4.79 Å². The van der Waals surface area contributed by atoms with Crippen LogP contribution in [0.5, 0.6) is 0 Å². The molecule has 2 fully saturated rings. The molecule has 0 saturated heterocycles. The summed E-state index contributed by atoms with van der Waals surface area (Å²) >= 11 is 3.36. The lowest BCUT2D eigenvalue weighted by atomic mass is 9.59. The lowest BCUT2D eigenvalue weighted by molar-refractivity contribution is -0.190. The summed E-state index contributed by atoms with van der Waals surface area (Å²) in [5.74, 6) is -1.29.